The Bertz CT molecular complexity index is 635. The number of carbonyl (C=O) groups excluding carboxylic acids is 2. The van der Waals surface area contributed by atoms with Gasteiger partial charge in [-0.05, 0) is 44.0 Å². The molecule has 4 nitrogen and oxygen atoms in total. The van der Waals surface area contributed by atoms with Crippen molar-refractivity contribution in [2.45, 2.75) is 26.7 Å². The standard InChI is InChI=1S/C16H18N2O2S/c1-11-9-12(2)21-15(11)16(20)18-10-14(19)7-6-13-5-3-4-8-17-13/h3-5,8-9H,6-7,10H2,1-2H3,(H,18,20). The average molecular weight is 302 g/mol. The van der Waals surface area contributed by atoms with E-state index in [-0.39, 0.29) is 18.2 Å². The first-order valence-corrected chi connectivity index (χ1v) is 7.65. The van der Waals surface area contributed by atoms with E-state index < -0.39 is 0 Å². The van der Waals surface area contributed by atoms with Gasteiger partial charge in [0.05, 0.1) is 11.4 Å². The molecule has 0 radical (unpaired) electrons. The molecule has 2 aromatic heterocycles. The van der Waals surface area contributed by atoms with Crippen molar-refractivity contribution in [2.75, 3.05) is 6.54 Å². The maximum Gasteiger partial charge on any atom is 0.261 e. The molecule has 0 aromatic carbocycles. The van der Waals surface area contributed by atoms with E-state index >= 15 is 0 Å². The molecule has 0 saturated carbocycles. The quantitative estimate of drug-likeness (QED) is 0.892. The van der Waals surface area contributed by atoms with Crippen LogP contribution < -0.4 is 5.32 Å². The molecule has 1 amide bonds. The number of carbonyl (C=O) groups is 2. The van der Waals surface area contributed by atoms with Crippen LogP contribution in [0.15, 0.2) is 30.5 Å². The van der Waals surface area contributed by atoms with Crippen molar-refractivity contribution < 1.29 is 9.59 Å². The molecule has 1 N–H and O–H groups in total. The van der Waals surface area contributed by atoms with Crippen LogP contribution in [0.25, 0.3) is 0 Å². The fourth-order valence-electron chi connectivity index (χ4n) is 2.03. The predicted octanol–water partition coefficient (Wildman–Crippen LogP) is 2.69. The number of aromatic nitrogens is 1. The number of Topliss-reactive ketones (excluding diaryl/α,β-unsaturated/α-hetero) is 1. The summed E-state index contributed by atoms with van der Waals surface area (Å²) in [7, 11) is 0. The molecule has 110 valence electrons. The third kappa shape index (κ3) is 4.49. The van der Waals surface area contributed by atoms with Crippen molar-refractivity contribution >= 4 is 23.0 Å². The number of thiophene rings is 1. The fraction of sp³-hybridized carbons (Fsp3) is 0.312. The summed E-state index contributed by atoms with van der Waals surface area (Å²) in [5, 5.41) is 2.69. The first-order chi connectivity index (χ1) is 10.1. The highest BCUT2D eigenvalue weighted by Gasteiger charge is 2.13. The van der Waals surface area contributed by atoms with E-state index in [1.165, 1.54) is 11.3 Å². The van der Waals surface area contributed by atoms with E-state index in [1.807, 2.05) is 38.1 Å². The number of aryl methyl sites for hydroxylation is 3. The molecule has 5 heteroatoms. The molecule has 2 aromatic rings. The van der Waals surface area contributed by atoms with Crippen LogP contribution in [-0.4, -0.2) is 23.2 Å². The van der Waals surface area contributed by atoms with Gasteiger partial charge in [-0.2, -0.15) is 0 Å². The van der Waals surface area contributed by atoms with Gasteiger partial charge >= 0.3 is 0 Å². The summed E-state index contributed by atoms with van der Waals surface area (Å²) >= 11 is 1.45. The highest BCUT2D eigenvalue weighted by atomic mass is 32.1. The Labute approximate surface area is 128 Å². The van der Waals surface area contributed by atoms with Crippen molar-refractivity contribution in [2.24, 2.45) is 0 Å². The van der Waals surface area contributed by atoms with Crippen LogP contribution in [-0.2, 0) is 11.2 Å². The van der Waals surface area contributed by atoms with E-state index in [2.05, 4.69) is 10.3 Å². The number of rotatable bonds is 6. The Morgan fingerprint density at radius 1 is 1.29 bits per heavy atom. The summed E-state index contributed by atoms with van der Waals surface area (Å²) in [5.41, 5.74) is 1.85. The lowest BCUT2D eigenvalue weighted by Gasteiger charge is -2.04. The second kappa shape index (κ2) is 7.13. The number of nitrogens with one attached hydrogen (secondary N) is 1. The zero-order chi connectivity index (χ0) is 15.2. The summed E-state index contributed by atoms with van der Waals surface area (Å²) in [4.78, 5) is 29.7. The van der Waals surface area contributed by atoms with Gasteiger partial charge in [-0.1, -0.05) is 6.07 Å². The van der Waals surface area contributed by atoms with Crippen LogP contribution in [0, 0.1) is 13.8 Å². The van der Waals surface area contributed by atoms with Gasteiger partial charge in [0.1, 0.15) is 0 Å². The lowest BCUT2D eigenvalue weighted by Crippen LogP contribution is -2.29. The molecule has 0 atom stereocenters. The van der Waals surface area contributed by atoms with Crippen LogP contribution in [0.2, 0.25) is 0 Å². The number of hydrogen-bond donors (Lipinski definition) is 1. The van der Waals surface area contributed by atoms with E-state index in [4.69, 9.17) is 0 Å². The van der Waals surface area contributed by atoms with Gasteiger partial charge in [-0.25, -0.2) is 0 Å². The Kier molecular flexibility index (Phi) is 5.22. The molecule has 0 saturated heterocycles. The number of ketones is 1. The fourth-order valence-corrected chi connectivity index (χ4v) is 2.97. The summed E-state index contributed by atoms with van der Waals surface area (Å²) in [6.07, 6.45) is 2.70. The summed E-state index contributed by atoms with van der Waals surface area (Å²) < 4.78 is 0. The lowest BCUT2D eigenvalue weighted by molar-refractivity contribution is -0.118. The minimum absolute atomic E-state index is 0.0138. The molecule has 0 aliphatic heterocycles. The molecule has 0 aliphatic rings. The monoisotopic (exact) mass is 302 g/mol. The molecule has 0 spiro atoms. The Balaban J connectivity index is 1.79. The molecule has 0 bridgehead atoms. The lowest BCUT2D eigenvalue weighted by atomic mass is 10.1. The van der Waals surface area contributed by atoms with Gasteiger partial charge in [-0.15, -0.1) is 11.3 Å². The zero-order valence-corrected chi connectivity index (χ0v) is 13.0. The predicted molar refractivity (Wildman–Crippen MR) is 83.7 cm³/mol. The van der Waals surface area contributed by atoms with Crippen LogP contribution in [0.3, 0.4) is 0 Å². The maximum atomic E-state index is 12.0. The van der Waals surface area contributed by atoms with Gasteiger partial charge < -0.3 is 5.32 Å². The van der Waals surface area contributed by atoms with Gasteiger partial charge in [0.15, 0.2) is 5.78 Å². The van der Waals surface area contributed by atoms with Crippen molar-refractivity contribution in [1.82, 2.24) is 10.3 Å². The molecule has 0 aliphatic carbocycles. The zero-order valence-electron chi connectivity index (χ0n) is 12.2. The average Bonchev–Trinajstić information content (AvgIpc) is 2.82. The molecular weight excluding hydrogens is 284 g/mol. The molecule has 21 heavy (non-hydrogen) atoms. The molecule has 2 rings (SSSR count). The summed E-state index contributed by atoms with van der Waals surface area (Å²) in [6.45, 7) is 3.94. The third-order valence-electron chi connectivity index (χ3n) is 3.08. The third-order valence-corrected chi connectivity index (χ3v) is 4.23. The van der Waals surface area contributed by atoms with Crippen molar-refractivity contribution in [3.05, 3.63) is 51.5 Å². The highest BCUT2D eigenvalue weighted by molar-refractivity contribution is 7.14. The molecular formula is C16H18N2O2S. The van der Waals surface area contributed by atoms with Crippen molar-refractivity contribution in [3.63, 3.8) is 0 Å². The van der Waals surface area contributed by atoms with Crippen molar-refractivity contribution in [1.29, 1.82) is 0 Å². The Morgan fingerprint density at radius 2 is 2.10 bits per heavy atom. The molecule has 2 heterocycles. The van der Waals surface area contributed by atoms with Crippen LogP contribution in [0.1, 0.15) is 32.2 Å². The Morgan fingerprint density at radius 3 is 2.71 bits per heavy atom. The number of nitrogens with zero attached hydrogens (tertiary/aromatic N) is 1. The van der Waals surface area contributed by atoms with Crippen LogP contribution in [0.5, 0.6) is 0 Å². The minimum atomic E-state index is -0.170. The summed E-state index contributed by atoms with van der Waals surface area (Å²) in [6, 6.07) is 7.61. The number of amides is 1. The second-order valence-corrected chi connectivity index (χ2v) is 6.17. The van der Waals surface area contributed by atoms with Gasteiger partial charge in [0, 0.05) is 23.2 Å². The van der Waals surface area contributed by atoms with Crippen molar-refractivity contribution in [3.8, 4) is 0 Å². The highest BCUT2D eigenvalue weighted by Crippen LogP contribution is 2.20. The van der Waals surface area contributed by atoms with Gasteiger partial charge in [0.25, 0.3) is 5.91 Å². The first kappa shape index (κ1) is 15.4. The van der Waals surface area contributed by atoms with Crippen LogP contribution in [0.4, 0.5) is 0 Å². The normalized spacial score (nSPS) is 10.4. The van der Waals surface area contributed by atoms with E-state index in [0.717, 1.165) is 16.1 Å². The summed E-state index contributed by atoms with van der Waals surface area (Å²) in [5.74, 6) is -0.156. The van der Waals surface area contributed by atoms with Gasteiger partial charge in [0.2, 0.25) is 0 Å². The minimum Gasteiger partial charge on any atom is -0.344 e. The van der Waals surface area contributed by atoms with Gasteiger partial charge in [-0.3, -0.25) is 14.6 Å². The molecule has 0 fully saturated rings. The smallest absolute Gasteiger partial charge is 0.261 e. The van der Waals surface area contributed by atoms with E-state index in [9.17, 15) is 9.59 Å². The number of pyridine rings is 1. The topological polar surface area (TPSA) is 59.1 Å². The Hall–Kier alpha value is -2.01. The van der Waals surface area contributed by atoms with E-state index in [0.29, 0.717) is 17.7 Å². The first-order valence-electron chi connectivity index (χ1n) is 6.83. The van der Waals surface area contributed by atoms with Crippen LogP contribution >= 0.6 is 11.3 Å². The number of hydrogen-bond acceptors (Lipinski definition) is 4. The van der Waals surface area contributed by atoms with E-state index in [1.54, 1.807) is 6.20 Å². The second-order valence-electron chi connectivity index (χ2n) is 4.91. The largest absolute Gasteiger partial charge is 0.344 e. The maximum absolute atomic E-state index is 12.0. The molecule has 0 unspecified atom stereocenters. The SMILES string of the molecule is Cc1cc(C)c(C(=O)NCC(=O)CCc2ccccn2)s1.